The molecule has 8 heteroatoms. The minimum absolute atomic E-state index is 0.0430. The Bertz CT molecular complexity index is 1010. The molecule has 7 nitrogen and oxygen atoms in total. The van der Waals surface area contributed by atoms with Gasteiger partial charge in [-0.3, -0.25) is 14.8 Å². The molecule has 0 aromatic carbocycles. The lowest BCUT2D eigenvalue weighted by molar-refractivity contribution is 0.0930. The first-order chi connectivity index (χ1) is 14.6. The molecule has 0 bridgehead atoms. The molecule has 3 aromatic heterocycles. The number of hydrogen-bond donors (Lipinski definition) is 1. The Kier molecular flexibility index (Phi) is 6.24. The highest BCUT2D eigenvalue weighted by Gasteiger charge is 2.24. The van der Waals surface area contributed by atoms with Crippen LogP contribution in [0.2, 0.25) is 0 Å². The van der Waals surface area contributed by atoms with Crippen LogP contribution in [0.1, 0.15) is 49.2 Å². The fourth-order valence-electron chi connectivity index (χ4n) is 3.64. The molecular formula is C22H27N5O2S. The molecule has 1 amide bonds. The SMILES string of the molecule is CCC(C)NC(=O)c1cc(-c2csc(-c3cnccn3)n2)n(CC2CCCO2)c1C. The van der Waals surface area contributed by atoms with Crippen molar-refractivity contribution in [2.75, 3.05) is 6.61 Å². The highest BCUT2D eigenvalue weighted by Crippen LogP contribution is 2.31. The predicted molar refractivity (Wildman–Crippen MR) is 117 cm³/mol. The van der Waals surface area contributed by atoms with E-state index in [-0.39, 0.29) is 18.1 Å². The second kappa shape index (κ2) is 9.06. The Morgan fingerprint density at radius 2 is 2.27 bits per heavy atom. The summed E-state index contributed by atoms with van der Waals surface area (Å²) in [7, 11) is 0. The van der Waals surface area contributed by atoms with E-state index in [1.165, 1.54) is 11.3 Å². The number of amides is 1. The largest absolute Gasteiger partial charge is 0.376 e. The van der Waals surface area contributed by atoms with E-state index in [4.69, 9.17) is 9.72 Å². The van der Waals surface area contributed by atoms with Crippen molar-refractivity contribution in [2.24, 2.45) is 0 Å². The molecule has 2 atom stereocenters. The maximum absolute atomic E-state index is 12.9. The molecule has 0 aliphatic carbocycles. The van der Waals surface area contributed by atoms with Gasteiger partial charge in [0.1, 0.15) is 10.7 Å². The molecule has 0 radical (unpaired) electrons. The second-order valence-electron chi connectivity index (χ2n) is 7.69. The second-order valence-corrected chi connectivity index (χ2v) is 8.54. The van der Waals surface area contributed by atoms with Gasteiger partial charge >= 0.3 is 0 Å². The summed E-state index contributed by atoms with van der Waals surface area (Å²) in [6.07, 6.45) is 8.20. The maximum Gasteiger partial charge on any atom is 0.253 e. The third kappa shape index (κ3) is 4.29. The molecule has 158 valence electrons. The number of ether oxygens (including phenoxy) is 1. The molecule has 0 spiro atoms. The van der Waals surface area contributed by atoms with Crippen molar-refractivity contribution in [2.45, 2.75) is 58.7 Å². The number of thiazole rings is 1. The molecule has 0 saturated carbocycles. The van der Waals surface area contributed by atoms with Gasteiger partial charge < -0.3 is 14.6 Å². The number of carbonyl (C=O) groups is 1. The molecule has 1 fully saturated rings. The first-order valence-corrected chi connectivity index (χ1v) is 11.3. The number of aromatic nitrogens is 4. The summed E-state index contributed by atoms with van der Waals surface area (Å²) in [5, 5.41) is 5.91. The molecule has 4 heterocycles. The number of nitrogens with zero attached hydrogens (tertiary/aromatic N) is 4. The van der Waals surface area contributed by atoms with E-state index in [9.17, 15) is 4.79 Å². The van der Waals surface area contributed by atoms with Crippen molar-refractivity contribution >= 4 is 17.2 Å². The quantitative estimate of drug-likeness (QED) is 0.617. The van der Waals surface area contributed by atoms with Crippen LogP contribution in [0.3, 0.4) is 0 Å². The third-order valence-corrected chi connectivity index (χ3v) is 6.42. The fraction of sp³-hybridized carbons (Fsp3) is 0.455. The first kappa shape index (κ1) is 20.7. The van der Waals surface area contributed by atoms with E-state index in [2.05, 4.69) is 26.8 Å². The minimum atomic E-state index is -0.0430. The van der Waals surface area contributed by atoms with Crippen LogP contribution in [0, 0.1) is 6.92 Å². The van der Waals surface area contributed by atoms with Gasteiger partial charge in [-0.2, -0.15) is 0 Å². The summed E-state index contributed by atoms with van der Waals surface area (Å²) in [5.74, 6) is -0.0430. The van der Waals surface area contributed by atoms with Gasteiger partial charge in [0.15, 0.2) is 0 Å². The van der Waals surface area contributed by atoms with Crippen LogP contribution in [0.4, 0.5) is 0 Å². The predicted octanol–water partition coefficient (Wildman–Crippen LogP) is 4.08. The van der Waals surface area contributed by atoms with Crippen LogP contribution in [0.5, 0.6) is 0 Å². The monoisotopic (exact) mass is 425 g/mol. The number of rotatable bonds is 7. The van der Waals surface area contributed by atoms with E-state index in [1.54, 1.807) is 18.6 Å². The van der Waals surface area contributed by atoms with E-state index >= 15 is 0 Å². The first-order valence-electron chi connectivity index (χ1n) is 10.4. The summed E-state index contributed by atoms with van der Waals surface area (Å²) in [6, 6.07) is 2.08. The van der Waals surface area contributed by atoms with Crippen LogP contribution in [0.25, 0.3) is 22.1 Å². The summed E-state index contributed by atoms with van der Waals surface area (Å²) in [6.45, 7) is 7.60. The van der Waals surface area contributed by atoms with Crippen molar-refractivity contribution in [1.82, 2.24) is 24.8 Å². The average molecular weight is 426 g/mol. The zero-order chi connectivity index (χ0) is 21.1. The average Bonchev–Trinajstić information content (AvgIpc) is 3.50. The Hall–Kier alpha value is -2.58. The van der Waals surface area contributed by atoms with Gasteiger partial charge in [0, 0.05) is 42.7 Å². The maximum atomic E-state index is 12.9. The lowest BCUT2D eigenvalue weighted by atomic mass is 10.2. The van der Waals surface area contributed by atoms with E-state index in [1.807, 2.05) is 25.3 Å². The van der Waals surface area contributed by atoms with Crippen LogP contribution in [-0.2, 0) is 11.3 Å². The van der Waals surface area contributed by atoms with Crippen molar-refractivity contribution < 1.29 is 9.53 Å². The van der Waals surface area contributed by atoms with Crippen LogP contribution in [0.15, 0.2) is 30.0 Å². The van der Waals surface area contributed by atoms with Gasteiger partial charge in [0.05, 0.1) is 29.3 Å². The number of hydrogen-bond acceptors (Lipinski definition) is 6. The Labute approximate surface area is 180 Å². The van der Waals surface area contributed by atoms with Crippen molar-refractivity contribution in [3.63, 3.8) is 0 Å². The zero-order valence-corrected chi connectivity index (χ0v) is 18.4. The molecule has 30 heavy (non-hydrogen) atoms. The summed E-state index contributed by atoms with van der Waals surface area (Å²) in [5.41, 5.74) is 4.15. The zero-order valence-electron chi connectivity index (χ0n) is 17.6. The molecule has 1 aliphatic heterocycles. The normalized spacial score (nSPS) is 17.2. The Morgan fingerprint density at radius 3 is 2.97 bits per heavy atom. The van der Waals surface area contributed by atoms with Gasteiger partial charge in [-0.05, 0) is 39.2 Å². The van der Waals surface area contributed by atoms with Crippen molar-refractivity contribution in [3.05, 3.63) is 41.3 Å². The molecule has 4 rings (SSSR count). The number of nitrogens with one attached hydrogen (secondary N) is 1. The van der Waals surface area contributed by atoms with Gasteiger partial charge in [0.2, 0.25) is 0 Å². The highest BCUT2D eigenvalue weighted by molar-refractivity contribution is 7.13. The molecule has 1 N–H and O–H groups in total. The molecule has 3 aromatic rings. The Balaban J connectivity index is 1.71. The minimum Gasteiger partial charge on any atom is -0.376 e. The highest BCUT2D eigenvalue weighted by atomic mass is 32.1. The Morgan fingerprint density at radius 1 is 1.40 bits per heavy atom. The van der Waals surface area contributed by atoms with Gasteiger partial charge in [-0.25, -0.2) is 4.98 Å². The van der Waals surface area contributed by atoms with Crippen LogP contribution in [-0.4, -0.2) is 44.2 Å². The van der Waals surface area contributed by atoms with E-state index in [0.29, 0.717) is 5.56 Å². The topological polar surface area (TPSA) is 81.9 Å². The van der Waals surface area contributed by atoms with E-state index < -0.39 is 0 Å². The molecule has 1 saturated heterocycles. The van der Waals surface area contributed by atoms with Crippen molar-refractivity contribution in [1.29, 1.82) is 0 Å². The standard InChI is InChI=1S/C22H27N5O2S/c1-4-14(2)25-21(28)17-10-20(27(15(17)3)12-16-6-5-9-29-16)19-13-30-22(26-19)18-11-23-7-8-24-18/h7-8,10-11,13-14,16H,4-6,9,12H2,1-3H3,(H,25,28). The third-order valence-electron chi connectivity index (χ3n) is 5.56. The van der Waals surface area contributed by atoms with Crippen LogP contribution >= 0.6 is 11.3 Å². The molecule has 2 unspecified atom stereocenters. The number of carbonyl (C=O) groups excluding carboxylic acids is 1. The summed E-state index contributed by atoms with van der Waals surface area (Å²) < 4.78 is 8.05. The fourth-order valence-corrected chi connectivity index (χ4v) is 4.41. The summed E-state index contributed by atoms with van der Waals surface area (Å²) in [4.78, 5) is 26.2. The lowest BCUT2D eigenvalue weighted by Crippen LogP contribution is -2.32. The van der Waals surface area contributed by atoms with Gasteiger partial charge in [-0.15, -0.1) is 11.3 Å². The van der Waals surface area contributed by atoms with Crippen molar-refractivity contribution in [3.8, 4) is 22.1 Å². The lowest BCUT2D eigenvalue weighted by Gasteiger charge is -2.16. The van der Waals surface area contributed by atoms with Gasteiger partial charge in [-0.1, -0.05) is 6.92 Å². The van der Waals surface area contributed by atoms with E-state index in [0.717, 1.165) is 60.2 Å². The van der Waals surface area contributed by atoms with Crippen LogP contribution < -0.4 is 5.32 Å². The molecule has 1 aliphatic rings. The molecular weight excluding hydrogens is 398 g/mol. The van der Waals surface area contributed by atoms with Gasteiger partial charge in [0.25, 0.3) is 5.91 Å². The smallest absolute Gasteiger partial charge is 0.253 e. The summed E-state index contributed by atoms with van der Waals surface area (Å²) >= 11 is 1.53.